The van der Waals surface area contributed by atoms with Crippen LogP contribution >= 0.6 is 0 Å². The number of rotatable bonds is 4. The standard InChI is InChI=1S/C20H18O3/c1-14(19(21)16-8-3-2-4-9-16)20(22)23-18-12-11-15-7-5-6-10-17(15)13-18/h2-14,19,21H,1H3/t14-,19+/m0/s1. The van der Waals surface area contributed by atoms with E-state index in [0.717, 1.165) is 10.8 Å². The third kappa shape index (κ3) is 3.41. The summed E-state index contributed by atoms with van der Waals surface area (Å²) in [6.07, 6.45) is -0.885. The number of aliphatic hydroxyl groups excluding tert-OH is 1. The molecule has 2 atom stereocenters. The largest absolute Gasteiger partial charge is 0.426 e. The summed E-state index contributed by atoms with van der Waals surface area (Å²) >= 11 is 0. The molecule has 3 rings (SSSR count). The Morgan fingerprint density at radius 2 is 1.57 bits per heavy atom. The van der Waals surface area contributed by atoms with Crippen molar-refractivity contribution in [2.75, 3.05) is 0 Å². The molecule has 0 spiro atoms. The van der Waals surface area contributed by atoms with Crippen LogP contribution in [-0.4, -0.2) is 11.1 Å². The number of hydrogen-bond acceptors (Lipinski definition) is 3. The second kappa shape index (κ2) is 6.63. The van der Waals surface area contributed by atoms with Gasteiger partial charge in [-0.3, -0.25) is 4.79 Å². The molecule has 0 saturated carbocycles. The first kappa shape index (κ1) is 15.3. The second-order valence-electron chi connectivity index (χ2n) is 5.57. The molecule has 0 aliphatic heterocycles. The molecule has 0 unspecified atom stereocenters. The molecule has 0 aliphatic carbocycles. The van der Waals surface area contributed by atoms with Crippen molar-refractivity contribution in [1.29, 1.82) is 0 Å². The summed E-state index contributed by atoms with van der Waals surface area (Å²) in [5.41, 5.74) is 0.704. The summed E-state index contributed by atoms with van der Waals surface area (Å²) < 4.78 is 5.43. The molecule has 0 fully saturated rings. The molecular formula is C20H18O3. The van der Waals surface area contributed by atoms with Gasteiger partial charge in [-0.2, -0.15) is 0 Å². The summed E-state index contributed by atoms with van der Waals surface area (Å²) in [5.74, 6) is -0.610. The smallest absolute Gasteiger partial charge is 0.317 e. The van der Waals surface area contributed by atoms with Gasteiger partial charge in [0.15, 0.2) is 0 Å². The Labute approximate surface area is 135 Å². The number of carbonyl (C=O) groups excluding carboxylic acids is 1. The third-order valence-corrected chi connectivity index (χ3v) is 3.93. The zero-order valence-electron chi connectivity index (χ0n) is 12.8. The number of aliphatic hydroxyl groups is 1. The highest BCUT2D eigenvalue weighted by atomic mass is 16.5. The Bertz CT molecular complexity index is 811. The maximum Gasteiger partial charge on any atom is 0.317 e. The minimum Gasteiger partial charge on any atom is -0.426 e. The van der Waals surface area contributed by atoms with Crippen molar-refractivity contribution >= 4 is 16.7 Å². The van der Waals surface area contributed by atoms with E-state index in [1.807, 2.05) is 54.6 Å². The van der Waals surface area contributed by atoms with Crippen LogP contribution in [-0.2, 0) is 4.79 Å². The summed E-state index contributed by atoms with van der Waals surface area (Å²) in [6.45, 7) is 1.67. The molecular weight excluding hydrogens is 288 g/mol. The van der Waals surface area contributed by atoms with E-state index in [2.05, 4.69) is 0 Å². The van der Waals surface area contributed by atoms with Gasteiger partial charge in [0.25, 0.3) is 0 Å². The maximum absolute atomic E-state index is 12.3. The van der Waals surface area contributed by atoms with Gasteiger partial charge in [-0.15, -0.1) is 0 Å². The topological polar surface area (TPSA) is 46.5 Å². The highest BCUT2D eigenvalue weighted by Gasteiger charge is 2.25. The maximum atomic E-state index is 12.3. The molecule has 0 aromatic heterocycles. The fourth-order valence-electron chi connectivity index (χ4n) is 2.51. The first-order chi connectivity index (χ1) is 11.1. The monoisotopic (exact) mass is 306 g/mol. The highest BCUT2D eigenvalue weighted by molar-refractivity contribution is 5.85. The molecule has 3 aromatic carbocycles. The van der Waals surface area contributed by atoms with Crippen molar-refractivity contribution in [2.45, 2.75) is 13.0 Å². The average molecular weight is 306 g/mol. The van der Waals surface area contributed by atoms with Crippen molar-refractivity contribution in [1.82, 2.24) is 0 Å². The number of carbonyl (C=O) groups is 1. The Morgan fingerprint density at radius 1 is 0.913 bits per heavy atom. The highest BCUT2D eigenvalue weighted by Crippen LogP contribution is 2.25. The molecule has 23 heavy (non-hydrogen) atoms. The first-order valence-electron chi connectivity index (χ1n) is 7.58. The zero-order chi connectivity index (χ0) is 16.2. The van der Waals surface area contributed by atoms with E-state index in [4.69, 9.17) is 4.74 Å². The van der Waals surface area contributed by atoms with Crippen molar-refractivity contribution in [2.24, 2.45) is 5.92 Å². The Morgan fingerprint density at radius 3 is 2.30 bits per heavy atom. The predicted molar refractivity (Wildman–Crippen MR) is 90.1 cm³/mol. The van der Waals surface area contributed by atoms with Gasteiger partial charge in [-0.05, 0) is 35.4 Å². The molecule has 0 bridgehead atoms. The fraction of sp³-hybridized carbons (Fsp3) is 0.150. The lowest BCUT2D eigenvalue weighted by Crippen LogP contribution is -2.24. The van der Waals surface area contributed by atoms with Crippen LogP contribution < -0.4 is 4.74 Å². The van der Waals surface area contributed by atoms with Crippen molar-refractivity contribution in [3.8, 4) is 5.75 Å². The van der Waals surface area contributed by atoms with Gasteiger partial charge in [-0.25, -0.2) is 0 Å². The second-order valence-corrected chi connectivity index (χ2v) is 5.57. The Kier molecular flexibility index (Phi) is 4.40. The number of fused-ring (bicyclic) bond motifs is 1. The van der Waals surface area contributed by atoms with Crippen LogP contribution in [0.4, 0.5) is 0 Å². The molecule has 3 aromatic rings. The molecule has 0 amide bonds. The lowest BCUT2D eigenvalue weighted by atomic mass is 9.98. The van der Waals surface area contributed by atoms with Crippen LogP contribution in [0.3, 0.4) is 0 Å². The molecule has 0 heterocycles. The van der Waals surface area contributed by atoms with E-state index in [0.29, 0.717) is 11.3 Å². The number of hydrogen-bond donors (Lipinski definition) is 1. The molecule has 116 valence electrons. The molecule has 0 aliphatic rings. The number of benzene rings is 3. The lowest BCUT2D eigenvalue weighted by molar-refractivity contribution is -0.142. The third-order valence-electron chi connectivity index (χ3n) is 3.93. The minimum absolute atomic E-state index is 0.448. The zero-order valence-corrected chi connectivity index (χ0v) is 12.8. The van der Waals surface area contributed by atoms with Crippen molar-refractivity contribution in [3.05, 3.63) is 78.4 Å². The van der Waals surface area contributed by atoms with Gasteiger partial charge >= 0.3 is 5.97 Å². The van der Waals surface area contributed by atoms with Crippen LogP contribution in [0.2, 0.25) is 0 Å². The van der Waals surface area contributed by atoms with Crippen LogP contribution in [0.15, 0.2) is 72.8 Å². The summed E-state index contributed by atoms with van der Waals surface area (Å²) in [6, 6.07) is 22.5. The van der Waals surface area contributed by atoms with E-state index < -0.39 is 18.0 Å². The van der Waals surface area contributed by atoms with E-state index in [-0.39, 0.29) is 0 Å². The molecule has 0 radical (unpaired) electrons. The van der Waals surface area contributed by atoms with Crippen LogP contribution in [0.5, 0.6) is 5.75 Å². The van der Waals surface area contributed by atoms with Gasteiger partial charge in [0.1, 0.15) is 5.75 Å². The summed E-state index contributed by atoms with van der Waals surface area (Å²) in [4.78, 5) is 12.3. The number of ether oxygens (including phenoxy) is 1. The first-order valence-corrected chi connectivity index (χ1v) is 7.58. The van der Waals surface area contributed by atoms with E-state index in [1.165, 1.54) is 0 Å². The van der Waals surface area contributed by atoms with Crippen LogP contribution in [0.1, 0.15) is 18.6 Å². The average Bonchev–Trinajstić information content (AvgIpc) is 2.61. The van der Waals surface area contributed by atoms with Gasteiger partial charge in [0.05, 0.1) is 12.0 Å². The SMILES string of the molecule is C[C@H](C(=O)Oc1ccc2ccccc2c1)[C@@H](O)c1ccccc1. The van der Waals surface area contributed by atoms with Crippen molar-refractivity contribution in [3.63, 3.8) is 0 Å². The molecule has 3 nitrogen and oxygen atoms in total. The van der Waals surface area contributed by atoms with E-state index >= 15 is 0 Å². The molecule has 3 heteroatoms. The lowest BCUT2D eigenvalue weighted by Gasteiger charge is -2.18. The van der Waals surface area contributed by atoms with Gasteiger partial charge in [0.2, 0.25) is 0 Å². The van der Waals surface area contributed by atoms with Crippen LogP contribution in [0.25, 0.3) is 10.8 Å². The predicted octanol–water partition coefficient (Wildman–Crippen LogP) is 4.11. The summed E-state index contributed by atoms with van der Waals surface area (Å²) in [5, 5.41) is 12.4. The molecule has 0 saturated heterocycles. The van der Waals surface area contributed by atoms with Crippen LogP contribution in [0, 0.1) is 5.92 Å². The van der Waals surface area contributed by atoms with E-state index in [1.54, 1.807) is 25.1 Å². The Balaban J connectivity index is 1.74. The van der Waals surface area contributed by atoms with Crippen molar-refractivity contribution < 1.29 is 14.6 Å². The van der Waals surface area contributed by atoms with Gasteiger partial charge in [0, 0.05) is 0 Å². The summed E-state index contributed by atoms with van der Waals surface area (Å²) in [7, 11) is 0. The minimum atomic E-state index is -0.885. The van der Waals surface area contributed by atoms with E-state index in [9.17, 15) is 9.90 Å². The number of esters is 1. The van der Waals surface area contributed by atoms with Gasteiger partial charge in [-0.1, -0.05) is 60.7 Å². The fourth-order valence-corrected chi connectivity index (χ4v) is 2.51. The van der Waals surface area contributed by atoms with Gasteiger partial charge < -0.3 is 9.84 Å². The Hall–Kier alpha value is -2.65. The molecule has 1 N–H and O–H groups in total. The normalized spacial score (nSPS) is 13.5. The quantitative estimate of drug-likeness (QED) is 0.583.